The molecule has 204 valence electrons. The Morgan fingerprint density at radius 1 is 1.00 bits per heavy atom. The van der Waals surface area contributed by atoms with Gasteiger partial charge in [0, 0.05) is 24.4 Å². The second-order valence-electron chi connectivity index (χ2n) is 8.16. The molecular weight excluding hydrogens is 479 g/mol. The summed E-state index contributed by atoms with van der Waals surface area (Å²) in [4.78, 5) is 11.9. The maximum absolute atomic E-state index is 12.3. The topological polar surface area (TPSA) is 78.6 Å². The monoisotopic (exact) mass is 520 g/mol. The Labute approximate surface area is 226 Å². The largest absolute Gasteiger partial charge is 0.495 e. The van der Waals surface area contributed by atoms with E-state index >= 15 is 0 Å². The summed E-state index contributed by atoms with van der Waals surface area (Å²) in [5.74, 6) is 3.14. The second-order valence-corrected chi connectivity index (χ2v) is 8.16. The van der Waals surface area contributed by atoms with Crippen LogP contribution in [0.4, 0.5) is 4.39 Å². The van der Waals surface area contributed by atoms with E-state index in [0.29, 0.717) is 11.7 Å². The zero-order chi connectivity index (χ0) is 28.7. The third kappa shape index (κ3) is 8.87. The van der Waals surface area contributed by atoms with Gasteiger partial charge in [-0.1, -0.05) is 66.3 Å². The molecule has 0 aliphatic heterocycles. The first-order valence-electron chi connectivity index (χ1n) is 12.9. The number of pyridine rings is 1. The number of halogens is 1. The van der Waals surface area contributed by atoms with Gasteiger partial charge in [0.15, 0.2) is 11.6 Å². The Morgan fingerprint density at radius 3 is 2.24 bits per heavy atom. The highest BCUT2D eigenvalue weighted by Gasteiger charge is 2.18. The molecule has 3 aromatic heterocycles. The minimum atomic E-state index is -0.377. The Hall–Kier alpha value is -3.94. The van der Waals surface area contributed by atoms with Crippen molar-refractivity contribution < 1.29 is 9.13 Å². The van der Waals surface area contributed by atoms with Gasteiger partial charge in [0.2, 0.25) is 0 Å². The van der Waals surface area contributed by atoms with Crippen molar-refractivity contribution in [2.75, 3.05) is 7.11 Å². The fraction of sp³-hybridized carbons (Fsp3) is 0.367. The summed E-state index contributed by atoms with van der Waals surface area (Å²) in [7, 11) is 1.66. The molecule has 7 nitrogen and oxygen atoms in total. The van der Waals surface area contributed by atoms with Crippen molar-refractivity contribution in [2.45, 2.75) is 61.8 Å². The summed E-state index contributed by atoms with van der Waals surface area (Å²) in [5, 5.41) is 8.58. The first-order valence-corrected chi connectivity index (χ1v) is 12.9. The molecule has 0 aliphatic rings. The lowest BCUT2D eigenvalue weighted by Crippen LogP contribution is -2.05. The summed E-state index contributed by atoms with van der Waals surface area (Å²) in [6.07, 6.45) is 8.50. The zero-order valence-electron chi connectivity index (χ0n) is 24.2. The summed E-state index contributed by atoms with van der Waals surface area (Å²) < 4.78 is 19.8. The molecule has 0 bridgehead atoms. The van der Waals surface area contributed by atoms with E-state index in [4.69, 9.17) is 4.74 Å². The van der Waals surface area contributed by atoms with Crippen molar-refractivity contribution in [3.63, 3.8) is 0 Å². The number of para-hydroxylation sites is 1. The standard InChI is InChI=1S/C18H18N4O.C8H11FN2.2C2H6/c1-5-14-9-15(11-19-10-14)18-21-20-13(3)22(18)17-12(2)7-6-8-16(17)23-4;1-6(2)3-8-10-4-7(9)5-11-8;2*1-2/h5-11H,1H2,2-4H3;4-6H,3H2,1-2H3;2*1-2H3. The average Bonchev–Trinajstić information content (AvgIpc) is 3.33. The number of methoxy groups -OCH3 is 1. The Bertz CT molecular complexity index is 1250. The van der Waals surface area contributed by atoms with Gasteiger partial charge in [0.1, 0.15) is 17.4 Å². The number of hydrogen-bond donors (Lipinski definition) is 0. The molecule has 0 N–H and O–H groups in total. The number of hydrogen-bond acceptors (Lipinski definition) is 6. The van der Waals surface area contributed by atoms with Crippen molar-refractivity contribution in [3.8, 4) is 22.8 Å². The maximum atomic E-state index is 12.3. The van der Waals surface area contributed by atoms with Gasteiger partial charge in [-0.05, 0) is 43.0 Å². The molecule has 0 atom stereocenters. The maximum Gasteiger partial charge on any atom is 0.170 e. The molecule has 0 saturated carbocycles. The van der Waals surface area contributed by atoms with Gasteiger partial charge >= 0.3 is 0 Å². The average molecular weight is 521 g/mol. The molecule has 1 aromatic carbocycles. The van der Waals surface area contributed by atoms with Gasteiger partial charge in [-0.2, -0.15) is 0 Å². The Balaban J connectivity index is 0.000000405. The van der Waals surface area contributed by atoms with Crippen LogP contribution in [-0.2, 0) is 6.42 Å². The van der Waals surface area contributed by atoms with Gasteiger partial charge in [-0.25, -0.2) is 14.4 Å². The number of benzene rings is 1. The molecule has 0 unspecified atom stereocenters. The second kappa shape index (κ2) is 16.7. The molecule has 4 aromatic rings. The fourth-order valence-electron chi connectivity index (χ4n) is 3.40. The van der Waals surface area contributed by atoms with E-state index in [1.54, 1.807) is 25.6 Å². The van der Waals surface area contributed by atoms with Gasteiger partial charge < -0.3 is 4.74 Å². The molecule has 3 heterocycles. The summed E-state index contributed by atoms with van der Waals surface area (Å²) in [6.45, 7) is 19.9. The van der Waals surface area contributed by atoms with Gasteiger partial charge in [-0.15, -0.1) is 10.2 Å². The predicted octanol–water partition coefficient (Wildman–Crippen LogP) is 7.46. The quantitative estimate of drug-likeness (QED) is 0.262. The SMILES string of the molecule is C=Cc1cncc(-c2nnc(C)n2-c2c(C)cccc2OC)c1.CC.CC.CC(C)Cc1ncc(F)cn1. The number of aromatic nitrogens is 6. The summed E-state index contributed by atoms with van der Waals surface area (Å²) >= 11 is 0. The van der Waals surface area contributed by atoms with Gasteiger partial charge in [0.05, 0.1) is 25.2 Å². The molecule has 0 aliphatic carbocycles. The highest BCUT2D eigenvalue weighted by molar-refractivity contribution is 5.65. The van der Waals surface area contributed by atoms with Crippen LogP contribution in [0.15, 0.2) is 55.6 Å². The third-order valence-corrected chi connectivity index (χ3v) is 4.99. The van der Waals surface area contributed by atoms with Crippen molar-refractivity contribution >= 4 is 6.08 Å². The van der Waals surface area contributed by atoms with Crippen LogP contribution in [0.25, 0.3) is 23.2 Å². The van der Waals surface area contributed by atoms with Crippen LogP contribution in [0.3, 0.4) is 0 Å². The first-order chi connectivity index (χ1) is 18.3. The van der Waals surface area contributed by atoms with E-state index in [0.717, 1.165) is 46.2 Å². The molecule has 0 fully saturated rings. The minimum Gasteiger partial charge on any atom is -0.495 e. The molecule has 0 radical (unpaired) electrons. The number of ether oxygens (including phenoxy) is 1. The van der Waals surface area contributed by atoms with E-state index in [1.807, 2.05) is 70.4 Å². The number of aryl methyl sites for hydroxylation is 2. The third-order valence-electron chi connectivity index (χ3n) is 4.99. The fourth-order valence-corrected chi connectivity index (χ4v) is 3.40. The van der Waals surface area contributed by atoms with Crippen LogP contribution >= 0.6 is 0 Å². The molecule has 38 heavy (non-hydrogen) atoms. The molecule has 8 heteroatoms. The van der Waals surface area contributed by atoms with Crippen LogP contribution in [-0.4, -0.2) is 36.8 Å². The van der Waals surface area contributed by atoms with E-state index < -0.39 is 0 Å². The normalized spacial score (nSPS) is 9.76. The lowest BCUT2D eigenvalue weighted by molar-refractivity contribution is 0.412. The van der Waals surface area contributed by atoms with Crippen LogP contribution in [0.2, 0.25) is 0 Å². The summed E-state index contributed by atoms with van der Waals surface area (Å²) in [6, 6.07) is 7.94. The Kier molecular flexibility index (Phi) is 14.1. The number of rotatable bonds is 6. The smallest absolute Gasteiger partial charge is 0.170 e. The predicted molar refractivity (Wildman–Crippen MR) is 154 cm³/mol. The van der Waals surface area contributed by atoms with E-state index in [9.17, 15) is 4.39 Å². The highest BCUT2D eigenvalue weighted by Crippen LogP contribution is 2.31. The van der Waals surface area contributed by atoms with E-state index in [-0.39, 0.29) is 5.82 Å². The van der Waals surface area contributed by atoms with Crippen molar-refractivity contribution in [3.05, 3.63) is 84.2 Å². The molecule has 4 rings (SSSR count). The zero-order valence-corrected chi connectivity index (χ0v) is 24.2. The van der Waals surface area contributed by atoms with Gasteiger partial charge in [-0.3, -0.25) is 9.55 Å². The lowest BCUT2D eigenvalue weighted by Gasteiger charge is -2.15. The highest BCUT2D eigenvalue weighted by atomic mass is 19.1. The molecule has 0 spiro atoms. The van der Waals surface area contributed by atoms with Crippen LogP contribution in [0.5, 0.6) is 5.75 Å². The van der Waals surface area contributed by atoms with Crippen LogP contribution in [0.1, 0.15) is 64.3 Å². The van der Waals surface area contributed by atoms with Crippen molar-refractivity contribution in [1.82, 2.24) is 29.7 Å². The van der Waals surface area contributed by atoms with Crippen LogP contribution in [0, 0.1) is 25.6 Å². The van der Waals surface area contributed by atoms with E-state index in [1.165, 1.54) is 12.4 Å². The Morgan fingerprint density at radius 2 is 1.66 bits per heavy atom. The van der Waals surface area contributed by atoms with Crippen molar-refractivity contribution in [2.24, 2.45) is 5.92 Å². The molecule has 0 saturated heterocycles. The molecule has 0 amide bonds. The van der Waals surface area contributed by atoms with E-state index in [2.05, 4.69) is 45.6 Å². The van der Waals surface area contributed by atoms with Gasteiger partial charge in [0.25, 0.3) is 0 Å². The lowest BCUT2D eigenvalue weighted by atomic mass is 10.1. The van der Waals surface area contributed by atoms with Crippen molar-refractivity contribution in [1.29, 1.82) is 0 Å². The minimum absolute atomic E-state index is 0.377. The van der Waals surface area contributed by atoms with Crippen LogP contribution < -0.4 is 4.74 Å². The summed E-state index contributed by atoms with van der Waals surface area (Å²) in [5.41, 5.74) is 3.84. The number of nitrogens with zero attached hydrogens (tertiary/aromatic N) is 6. The first kappa shape index (κ1) is 32.1. The molecular formula is C30H41FN6O.